The molecule has 7 nitrogen and oxygen atoms in total. The summed E-state index contributed by atoms with van der Waals surface area (Å²) in [5.41, 5.74) is 1.24. The van der Waals surface area contributed by atoms with Crippen molar-refractivity contribution in [3.8, 4) is 5.75 Å². The molecule has 7 heteroatoms. The molecule has 2 atom stereocenters. The number of carbonyl (C=O) groups is 1. The normalized spacial score (nSPS) is 23.1. The molecule has 2 N–H and O–H groups in total. The van der Waals surface area contributed by atoms with Crippen LogP contribution in [0.1, 0.15) is 27.2 Å². The van der Waals surface area contributed by atoms with Crippen molar-refractivity contribution in [3.63, 3.8) is 0 Å². The summed E-state index contributed by atoms with van der Waals surface area (Å²) in [6, 6.07) is 8.35. The van der Waals surface area contributed by atoms with Gasteiger partial charge in [0.05, 0.1) is 25.9 Å². The van der Waals surface area contributed by atoms with Crippen LogP contribution in [0.3, 0.4) is 0 Å². The minimum atomic E-state index is -0.101. The van der Waals surface area contributed by atoms with Gasteiger partial charge in [-0.05, 0) is 48.9 Å². The molecule has 162 valence electrons. The summed E-state index contributed by atoms with van der Waals surface area (Å²) in [5, 5.41) is 18.6. The third-order valence-electron chi connectivity index (χ3n) is 6.18. The molecule has 2 bridgehead atoms. The van der Waals surface area contributed by atoms with E-state index < -0.39 is 0 Å². The van der Waals surface area contributed by atoms with Crippen LogP contribution in [0.4, 0.5) is 10.5 Å². The van der Waals surface area contributed by atoms with Gasteiger partial charge in [0.15, 0.2) is 0 Å². The minimum Gasteiger partial charge on any atom is -0.494 e. The second-order valence-corrected chi connectivity index (χ2v) is 8.78. The average molecular weight is 406 g/mol. The van der Waals surface area contributed by atoms with Gasteiger partial charge in [0.2, 0.25) is 0 Å². The van der Waals surface area contributed by atoms with Crippen molar-refractivity contribution >= 4 is 11.7 Å². The summed E-state index contributed by atoms with van der Waals surface area (Å²) in [6.45, 7) is 9.77. The van der Waals surface area contributed by atoms with E-state index in [4.69, 9.17) is 4.74 Å². The first-order chi connectivity index (χ1) is 13.9. The van der Waals surface area contributed by atoms with Gasteiger partial charge in [0.1, 0.15) is 5.75 Å². The molecule has 0 aliphatic carbocycles. The number of amides is 2. The van der Waals surface area contributed by atoms with Crippen LogP contribution in [-0.2, 0) is 0 Å². The van der Waals surface area contributed by atoms with E-state index in [9.17, 15) is 15.0 Å². The van der Waals surface area contributed by atoms with Crippen LogP contribution in [0, 0.1) is 11.3 Å². The number of rotatable bonds is 7. The summed E-state index contributed by atoms with van der Waals surface area (Å²) in [6.07, 6.45) is 1.08. The minimum absolute atomic E-state index is 0.0787. The SMILES string of the molecule is CCOc1ccc(N2CC3CN(C(=O)N(CCO)CCO)CC2C(C)(C)C3)cc1. The molecule has 4 rings (SSSR count). The van der Waals surface area contributed by atoms with E-state index in [2.05, 4.69) is 30.9 Å². The fourth-order valence-corrected chi connectivity index (χ4v) is 4.92. The predicted molar refractivity (Wildman–Crippen MR) is 113 cm³/mol. The number of benzene rings is 1. The molecule has 3 aliphatic heterocycles. The van der Waals surface area contributed by atoms with Crippen LogP contribution in [0.25, 0.3) is 0 Å². The monoisotopic (exact) mass is 405 g/mol. The van der Waals surface area contributed by atoms with Gasteiger partial charge in [-0.25, -0.2) is 4.79 Å². The van der Waals surface area contributed by atoms with Gasteiger partial charge in [-0.3, -0.25) is 0 Å². The largest absolute Gasteiger partial charge is 0.494 e. The van der Waals surface area contributed by atoms with Crippen LogP contribution >= 0.6 is 0 Å². The van der Waals surface area contributed by atoms with Crippen LogP contribution in [0.15, 0.2) is 24.3 Å². The van der Waals surface area contributed by atoms with Gasteiger partial charge >= 0.3 is 6.03 Å². The Balaban J connectivity index is 1.82. The van der Waals surface area contributed by atoms with Crippen molar-refractivity contribution in [2.45, 2.75) is 33.2 Å². The number of hydrogen-bond donors (Lipinski definition) is 2. The third-order valence-corrected chi connectivity index (χ3v) is 6.18. The Labute approximate surface area is 173 Å². The molecule has 0 saturated carbocycles. The average Bonchev–Trinajstić information content (AvgIpc) is 2.95. The Kier molecular flexibility index (Phi) is 6.90. The summed E-state index contributed by atoms with van der Waals surface area (Å²) in [4.78, 5) is 19.0. The lowest BCUT2D eigenvalue weighted by molar-refractivity contribution is 0.124. The van der Waals surface area contributed by atoms with Gasteiger partial charge in [0.25, 0.3) is 0 Å². The third kappa shape index (κ3) is 4.78. The number of carbonyl (C=O) groups excluding carboxylic acids is 1. The van der Waals surface area contributed by atoms with Crippen LogP contribution < -0.4 is 9.64 Å². The zero-order chi connectivity index (χ0) is 21.0. The number of aliphatic hydroxyl groups is 2. The Morgan fingerprint density at radius 2 is 1.79 bits per heavy atom. The molecular weight excluding hydrogens is 370 g/mol. The number of nitrogens with zero attached hydrogens (tertiary/aromatic N) is 3. The summed E-state index contributed by atoms with van der Waals surface area (Å²) < 4.78 is 5.58. The lowest BCUT2D eigenvalue weighted by Gasteiger charge is -2.48. The molecule has 3 fully saturated rings. The summed E-state index contributed by atoms with van der Waals surface area (Å²) >= 11 is 0. The van der Waals surface area contributed by atoms with Crippen LogP contribution in [-0.4, -0.2) is 84.6 Å². The second kappa shape index (κ2) is 9.22. The van der Waals surface area contributed by atoms with Gasteiger partial charge in [-0.1, -0.05) is 13.8 Å². The molecule has 1 aromatic rings. The maximum absolute atomic E-state index is 13.1. The van der Waals surface area contributed by atoms with Crippen molar-refractivity contribution in [1.29, 1.82) is 0 Å². The molecule has 3 saturated heterocycles. The number of urea groups is 1. The predicted octanol–water partition coefficient (Wildman–Crippen LogP) is 2.03. The van der Waals surface area contributed by atoms with Crippen LogP contribution in [0.5, 0.6) is 5.75 Å². The number of fused-ring (bicyclic) bond motifs is 4. The topological polar surface area (TPSA) is 76.5 Å². The van der Waals surface area contributed by atoms with E-state index >= 15 is 0 Å². The molecule has 3 aliphatic rings. The molecule has 2 unspecified atom stereocenters. The lowest BCUT2D eigenvalue weighted by Crippen LogP contribution is -2.54. The van der Waals surface area contributed by atoms with E-state index in [1.165, 1.54) is 0 Å². The maximum atomic E-state index is 13.1. The van der Waals surface area contributed by atoms with Crippen LogP contribution in [0.2, 0.25) is 0 Å². The van der Waals surface area contributed by atoms with E-state index in [1.54, 1.807) is 4.90 Å². The maximum Gasteiger partial charge on any atom is 0.320 e. The fraction of sp³-hybridized carbons (Fsp3) is 0.682. The molecule has 29 heavy (non-hydrogen) atoms. The standard InChI is InChI=1S/C22H35N3O4/c1-4-29-19-7-5-18(6-8-19)25-15-17-13-22(2,3)20(25)16-24(14-17)21(28)23(9-11-26)10-12-27/h5-8,17,20,26-27H,4,9-16H2,1-3H3. The number of hydrogen-bond acceptors (Lipinski definition) is 5. The Morgan fingerprint density at radius 3 is 2.38 bits per heavy atom. The highest BCUT2D eigenvalue weighted by molar-refractivity contribution is 5.75. The van der Waals surface area contributed by atoms with Crippen molar-refractivity contribution in [1.82, 2.24) is 9.80 Å². The first kappa shape index (κ1) is 21.7. The molecule has 1 aromatic carbocycles. The van der Waals surface area contributed by atoms with E-state index in [0.717, 1.165) is 24.4 Å². The highest BCUT2D eigenvalue weighted by Crippen LogP contribution is 2.43. The van der Waals surface area contributed by atoms with E-state index in [1.807, 2.05) is 24.0 Å². The summed E-state index contributed by atoms with van der Waals surface area (Å²) in [7, 11) is 0. The molecule has 0 radical (unpaired) electrons. The zero-order valence-electron chi connectivity index (χ0n) is 17.9. The first-order valence-electron chi connectivity index (χ1n) is 10.6. The smallest absolute Gasteiger partial charge is 0.320 e. The van der Waals surface area contributed by atoms with E-state index in [-0.39, 0.29) is 43.8 Å². The molecule has 3 heterocycles. The van der Waals surface area contributed by atoms with Gasteiger partial charge < -0.3 is 29.6 Å². The lowest BCUT2D eigenvalue weighted by atomic mass is 9.73. The van der Waals surface area contributed by atoms with Crippen molar-refractivity contribution < 1.29 is 19.7 Å². The Hall–Kier alpha value is -1.99. The summed E-state index contributed by atoms with van der Waals surface area (Å²) in [5.74, 6) is 1.25. The molecule has 2 amide bonds. The van der Waals surface area contributed by atoms with Gasteiger partial charge in [-0.2, -0.15) is 0 Å². The highest BCUT2D eigenvalue weighted by atomic mass is 16.5. The number of ether oxygens (including phenoxy) is 1. The van der Waals surface area contributed by atoms with Crippen molar-refractivity contribution in [2.24, 2.45) is 11.3 Å². The number of anilines is 1. The van der Waals surface area contributed by atoms with Crippen molar-refractivity contribution in [3.05, 3.63) is 24.3 Å². The molecular formula is C22H35N3O4. The molecule has 0 spiro atoms. The zero-order valence-corrected chi connectivity index (χ0v) is 17.9. The van der Waals surface area contributed by atoms with Gasteiger partial charge in [0, 0.05) is 38.4 Å². The quantitative estimate of drug-likeness (QED) is 0.726. The first-order valence-corrected chi connectivity index (χ1v) is 10.6. The van der Waals surface area contributed by atoms with Crippen molar-refractivity contribution in [2.75, 3.05) is 57.4 Å². The number of aliphatic hydroxyl groups excluding tert-OH is 2. The van der Waals surface area contributed by atoms with Gasteiger partial charge in [-0.15, -0.1) is 0 Å². The second-order valence-electron chi connectivity index (χ2n) is 8.78. The Morgan fingerprint density at radius 1 is 1.14 bits per heavy atom. The Bertz CT molecular complexity index is 673. The molecule has 0 aromatic heterocycles. The highest BCUT2D eigenvalue weighted by Gasteiger charge is 2.47. The fourth-order valence-electron chi connectivity index (χ4n) is 4.92. The number of piperidine rings is 1. The van der Waals surface area contributed by atoms with E-state index in [0.29, 0.717) is 25.6 Å².